The molecule has 3 amide bonds. The molecule has 0 saturated carbocycles. The van der Waals surface area contributed by atoms with Crippen LogP contribution < -0.4 is 25.8 Å². The van der Waals surface area contributed by atoms with E-state index in [0.717, 1.165) is 0 Å². The van der Waals surface area contributed by atoms with Crippen LogP contribution in [0.3, 0.4) is 0 Å². The highest BCUT2D eigenvalue weighted by atomic mass is 16.5. The van der Waals surface area contributed by atoms with Gasteiger partial charge in [0.1, 0.15) is 11.5 Å². The van der Waals surface area contributed by atoms with Crippen LogP contribution in [0.2, 0.25) is 0 Å². The third kappa shape index (κ3) is 7.06. The van der Waals surface area contributed by atoms with Crippen LogP contribution in [0.5, 0.6) is 17.4 Å². The fourth-order valence-electron chi connectivity index (χ4n) is 2.87. The fraction of sp³-hybridized carbons (Fsp3) is 0.167. The molecule has 3 rings (SSSR count). The first-order chi connectivity index (χ1) is 15.9. The van der Waals surface area contributed by atoms with Crippen molar-refractivity contribution in [1.82, 2.24) is 10.3 Å². The highest BCUT2D eigenvalue weighted by Gasteiger charge is 2.08. The average Bonchev–Trinajstić information content (AvgIpc) is 2.83. The van der Waals surface area contributed by atoms with E-state index in [1.54, 1.807) is 61.7 Å². The van der Waals surface area contributed by atoms with Crippen molar-refractivity contribution < 1.29 is 23.9 Å². The van der Waals surface area contributed by atoms with Gasteiger partial charge in [0.05, 0.1) is 19.0 Å². The zero-order chi connectivity index (χ0) is 23.6. The molecule has 0 bridgehead atoms. The Morgan fingerprint density at radius 1 is 0.970 bits per heavy atom. The van der Waals surface area contributed by atoms with E-state index in [2.05, 4.69) is 15.6 Å². The van der Waals surface area contributed by atoms with Gasteiger partial charge in [-0.25, -0.2) is 4.98 Å². The summed E-state index contributed by atoms with van der Waals surface area (Å²) < 4.78 is 10.7. The third-order valence-corrected chi connectivity index (χ3v) is 4.58. The molecular formula is C24H24N4O5. The molecule has 1 aromatic heterocycles. The van der Waals surface area contributed by atoms with Crippen molar-refractivity contribution in [2.75, 3.05) is 19.0 Å². The molecule has 0 atom stereocenters. The van der Waals surface area contributed by atoms with Crippen molar-refractivity contribution in [2.24, 2.45) is 5.73 Å². The van der Waals surface area contributed by atoms with Crippen LogP contribution in [0.15, 0.2) is 66.9 Å². The summed E-state index contributed by atoms with van der Waals surface area (Å²) in [5.74, 6) is 0.446. The Labute approximate surface area is 190 Å². The molecule has 0 aliphatic rings. The molecule has 33 heavy (non-hydrogen) atoms. The Bertz CT molecular complexity index is 1110. The number of hydrogen-bond donors (Lipinski definition) is 3. The number of amides is 3. The minimum atomic E-state index is -0.549. The van der Waals surface area contributed by atoms with Crippen LogP contribution in [-0.2, 0) is 4.79 Å². The number of carbonyl (C=O) groups excluding carboxylic acids is 3. The highest BCUT2D eigenvalue weighted by molar-refractivity contribution is 5.94. The van der Waals surface area contributed by atoms with Crippen molar-refractivity contribution in [3.05, 3.63) is 78.0 Å². The van der Waals surface area contributed by atoms with Gasteiger partial charge in [0.15, 0.2) is 0 Å². The normalized spacial score (nSPS) is 10.2. The maximum absolute atomic E-state index is 12.1. The van der Waals surface area contributed by atoms with E-state index in [1.165, 1.54) is 12.3 Å². The number of nitrogens with two attached hydrogens (primary N) is 1. The maximum Gasteiger partial charge on any atom is 0.251 e. The van der Waals surface area contributed by atoms with Crippen LogP contribution in [-0.4, -0.2) is 36.4 Å². The number of benzene rings is 2. The molecule has 4 N–H and O–H groups in total. The number of nitrogens with one attached hydrogen (secondary N) is 2. The lowest BCUT2D eigenvalue weighted by molar-refractivity contribution is -0.116. The standard InChI is InChI=1S/C24H24N4O5/c1-32-19-10-7-16(8-11-19)24(31)26-13-3-6-21(29)28-18-9-12-22(27-15-18)33-20-5-2-4-17(14-20)23(25)30/h2,4-5,7-12,14-15H,3,6,13H2,1H3,(H2,25,30)(H,26,31)(H,28,29). The predicted molar refractivity (Wildman–Crippen MR) is 122 cm³/mol. The third-order valence-electron chi connectivity index (χ3n) is 4.58. The molecule has 0 unspecified atom stereocenters. The molecular weight excluding hydrogens is 424 g/mol. The van der Waals surface area contributed by atoms with Crippen molar-refractivity contribution in [3.63, 3.8) is 0 Å². The number of anilines is 1. The first-order valence-electron chi connectivity index (χ1n) is 10.2. The Morgan fingerprint density at radius 3 is 2.42 bits per heavy atom. The molecule has 9 nitrogen and oxygen atoms in total. The molecule has 0 aliphatic carbocycles. The summed E-state index contributed by atoms with van der Waals surface area (Å²) in [5, 5.41) is 5.52. The number of ether oxygens (including phenoxy) is 2. The zero-order valence-corrected chi connectivity index (χ0v) is 18.0. The van der Waals surface area contributed by atoms with E-state index in [1.807, 2.05) is 0 Å². The molecule has 1 heterocycles. The monoisotopic (exact) mass is 448 g/mol. The van der Waals surface area contributed by atoms with Crippen molar-refractivity contribution in [3.8, 4) is 17.4 Å². The van der Waals surface area contributed by atoms with Crippen molar-refractivity contribution >= 4 is 23.4 Å². The minimum absolute atomic E-state index is 0.196. The summed E-state index contributed by atoms with van der Waals surface area (Å²) in [7, 11) is 1.56. The Morgan fingerprint density at radius 2 is 1.76 bits per heavy atom. The molecule has 0 fully saturated rings. The molecule has 3 aromatic rings. The largest absolute Gasteiger partial charge is 0.497 e. The van der Waals surface area contributed by atoms with Gasteiger partial charge in [-0.3, -0.25) is 14.4 Å². The average molecular weight is 448 g/mol. The topological polar surface area (TPSA) is 133 Å². The molecule has 2 aromatic carbocycles. The fourth-order valence-corrected chi connectivity index (χ4v) is 2.87. The van der Waals surface area contributed by atoms with Crippen molar-refractivity contribution in [1.29, 1.82) is 0 Å². The predicted octanol–water partition coefficient (Wildman–Crippen LogP) is 3.13. The molecule has 170 valence electrons. The first-order valence-corrected chi connectivity index (χ1v) is 10.2. The van der Waals surface area contributed by atoms with Crippen LogP contribution in [0.4, 0.5) is 5.69 Å². The number of rotatable bonds is 10. The number of carbonyl (C=O) groups is 3. The van der Waals surface area contributed by atoms with Crippen molar-refractivity contribution in [2.45, 2.75) is 12.8 Å². The summed E-state index contributed by atoms with van der Waals surface area (Å²) in [4.78, 5) is 39.6. The molecule has 0 spiro atoms. The van der Waals surface area contributed by atoms with E-state index in [0.29, 0.717) is 47.2 Å². The van der Waals surface area contributed by atoms with Gasteiger partial charge >= 0.3 is 0 Å². The molecule has 9 heteroatoms. The second-order valence-corrected chi connectivity index (χ2v) is 7.02. The van der Waals surface area contributed by atoms with E-state index >= 15 is 0 Å². The van der Waals surface area contributed by atoms with Gasteiger partial charge in [-0.1, -0.05) is 6.07 Å². The van der Waals surface area contributed by atoms with Gasteiger partial charge in [0, 0.05) is 30.2 Å². The van der Waals surface area contributed by atoms with Crippen LogP contribution in [0, 0.1) is 0 Å². The van der Waals surface area contributed by atoms with E-state index < -0.39 is 5.91 Å². The number of nitrogens with zero attached hydrogens (tertiary/aromatic N) is 1. The van der Waals surface area contributed by atoms with Gasteiger partial charge in [0.2, 0.25) is 17.7 Å². The second kappa shape index (κ2) is 11.3. The van der Waals surface area contributed by atoms with E-state index in [-0.39, 0.29) is 18.2 Å². The number of primary amides is 1. The summed E-state index contributed by atoms with van der Waals surface area (Å²) in [6.07, 6.45) is 2.19. The van der Waals surface area contributed by atoms with E-state index in [4.69, 9.17) is 15.2 Å². The quantitative estimate of drug-likeness (QED) is 0.408. The highest BCUT2D eigenvalue weighted by Crippen LogP contribution is 2.21. The SMILES string of the molecule is COc1ccc(C(=O)NCCCC(=O)Nc2ccc(Oc3cccc(C(N)=O)c3)nc2)cc1. The van der Waals surface area contributed by atoms with Crippen LogP contribution in [0.25, 0.3) is 0 Å². The number of aromatic nitrogens is 1. The molecule has 0 radical (unpaired) electrons. The lowest BCUT2D eigenvalue weighted by Crippen LogP contribution is -2.25. The lowest BCUT2D eigenvalue weighted by Gasteiger charge is -2.08. The lowest BCUT2D eigenvalue weighted by atomic mass is 10.2. The Hall–Kier alpha value is -4.40. The van der Waals surface area contributed by atoms with Gasteiger partial charge < -0.3 is 25.8 Å². The smallest absolute Gasteiger partial charge is 0.251 e. The first kappa shape index (κ1) is 23.3. The zero-order valence-electron chi connectivity index (χ0n) is 18.0. The van der Waals surface area contributed by atoms with E-state index in [9.17, 15) is 14.4 Å². The number of pyridine rings is 1. The number of methoxy groups -OCH3 is 1. The maximum atomic E-state index is 12.1. The summed E-state index contributed by atoms with van der Waals surface area (Å²) in [6, 6.07) is 16.5. The van der Waals surface area contributed by atoms with Crippen LogP contribution in [0.1, 0.15) is 33.6 Å². The molecule has 0 saturated heterocycles. The Kier molecular flexibility index (Phi) is 7.96. The summed E-state index contributed by atoms with van der Waals surface area (Å²) in [6.45, 7) is 0.369. The summed E-state index contributed by atoms with van der Waals surface area (Å²) >= 11 is 0. The molecule has 0 aliphatic heterocycles. The van der Waals surface area contributed by atoms with Gasteiger partial charge in [-0.05, 0) is 55.0 Å². The minimum Gasteiger partial charge on any atom is -0.497 e. The van der Waals surface area contributed by atoms with Gasteiger partial charge in [-0.15, -0.1) is 0 Å². The Balaban J connectivity index is 1.40. The van der Waals surface area contributed by atoms with Gasteiger partial charge in [-0.2, -0.15) is 0 Å². The second-order valence-electron chi connectivity index (χ2n) is 7.02. The van der Waals surface area contributed by atoms with Crippen LogP contribution >= 0.6 is 0 Å². The summed E-state index contributed by atoms with van der Waals surface area (Å²) in [5.41, 5.74) is 6.63. The van der Waals surface area contributed by atoms with Gasteiger partial charge in [0.25, 0.3) is 5.91 Å². The number of hydrogen-bond acceptors (Lipinski definition) is 6.